The summed E-state index contributed by atoms with van der Waals surface area (Å²) in [5.74, 6) is 0.663. The molecule has 0 aliphatic carbocycles. The molecule has 8 heteroatoms. The smallest absolute Gasteiger partial charge is 0.191 e. The van der Waals surface area contributed by atoms with Crippen LogP contribution in [0.3, 0.4) is 0 Å². The molecule has 1 aliphatic rings. The molecule has 28 heavy (non-hydrogen) atoms. The van der Waals surface area contributed by atoms with Crippen LogP contribution < -0.4 is 15.5 Å². The first-order valence-corrected chi connectivity index (χ1v) is 9.80. The van der Waals surface area contributed by atoms with Crippen LogP contribution >= 0.6 is 0 Å². The van der Waals surface area contributed by atoms with E-state index in [0.29, 0.717) is 12.2 Å². The Morgan fingerprint density at radius 2 is 1.93 bits per heavy atom. The Hall–Kier alpha value is -2.61. The lowest BCUT2D eigenvalue weighted by atomic mass is 10.2. The lowest BCUT2D eigenvalue weighted by Gasteiger charge is -2.36. The Labute approximate surface area is 166 Å². The van der Waals surface area contributed by atoms with Crippen molar-refractivity contribution in [2.75, 3.05) is 51.2 Å². The molecule has 1 saturated heterocycles. The van der Waals surface area contributed by atoms with E-state index in [1.54, 1.807) is 19.3 Å². The van der Waals surface area contributed by atoms with Crippen molar-refractivity contribution in [1.82, 2.24) is 25.3 Å². The quantitative estimate of drug-likeness (QED) is 0.428. The Morgan fingerprint density at radius 3 is 2.61 bits per heavy atom. The molecule has 0 atom stereocenters. The molecule has 2 N–H and O–H groups in total. The van der Waals surface area contributed by atoms with Gasteiger partial charge in [-0.1, -0.05) is 12.1 Å². The zero-order valence-electron chi connectivity index (χ0n) is 16.7. The maximum absolute atomic E-state index is 13.9. The number of para-hydroxylation sites is 1. The summed E-state index contributed by atoms with van der Waals surface area (Å²) in [7, 11) is 3.71. The number of benzene rings is 1. The maximum atomic E-state index is 13.9. The van der Waals surface area contributed by atoms with E-state index in [1.807, 2.05) is 29.9 Å². The van der Waals surface area contributed by atoms with Gasteiger partial charge in [-0.2, -0.15) is 5.10 Å². The summed E-state index contributed by atoms with van der Waals surface area (Å²) in [5, 5.41) is 10.8. The number of hydrogen-bond donors (Lipinski definition) is 2. The van der Waals surface area contributed by atoms with Gasteiger partial charge in [0.15, 0.2) is 5.96 Å². The molecule has 0 unspecified atom stereocenters. The number of piperazine rings is 1. The second-order valence-electron chi connectivity index (χ2n) is 6.93. The number of guanidine groups is 1. The summed E-state index contributed by atoms with van der Waals surface area (Å²) in [5.41, 5.74) is 1.82. The standard InChI is InChI=1S/C20H30FN7/c1-22-20(24-16-17-8-10-25-26(17)2)23-9-5-11-27-12-14-28(15-13-27)19-7-4-3-6-18(19)21/h3-4,6-8,10H,5,9,11-16H2,1-2H3,(H2,22,23,24). The molecule has 1 aromatic heterocycles. The van der Waals surface area contributed by atoms with Crippen LogP contribution in [-0.4, -0.2) is 67.0 Å². The van der Waals surface area contributed by atoms with Crippen LogP contribution in [0.25, 0.3) is 0 Å². The summed E-state index contributed by atoms with van der Waals surface area (Å²) in [6.07, 6.45) is 2.82. The number of rotatable bonds is 7. The van der Waals surface area contributed by atoms with Gasteiger partial charge in [0.1, 0.15) is 5.82 Å². The third kappa shape index (κ3) is 5.45. The average molecular weight is 388 g/mol. The number of nitrogens with zero attached hydrogens (tertiary/aromatic N) is 5. The molecule has 152 valence electrons. The van der Waals surface area contributed by atoms with Gasteiger partial charge in [0.05, 0.1) is 17.9 Å². The third-order valence-corrected chi connectivity index (χ3v) is 5.09. The van der Waals surface area contributed by atoms with E-state index in [2.05, 4.69) is 30.5 Å². The molecule has 2 heterocycles. The van der Waals surface area contributed by atoms with E-state index in [9.17, 15) is 4.39 Å². The van der Waals surface area contributed by atoms with Crippen LogP contribution in [0.5, 0.6) is 0 Å². The van der Waals surface area contributed by atoms with E-state index in [0.717, 1.165) is 57.3 Å². The Bertz CT molecular complexity index is 765. The van der Waals surface area contributed by atoms with E-state index < -0.39 is 0 Å². The minimum atomic E-state index is -0.134. The van der Waals surface area contributed by atoms with Crippen LogP contribution in [0.15, 0.2) is 41.5 Å². The van der Waals surface area contributed by atoms with Gasteiger partial charge >= 0.3 is 0 Å². The Kier molecular flexibility index (Phi) is 7.25. The number of hydrogen-bond acceptors (Lipinski definition) is 4. The van der Waals surface area contributed by atoms with Gasteiger partial charge in [-0.15, -0.1) is 0 Å². The average Bonchev–Trinajstić information content (AvgIpc) is 3.13. The highest BCUT2D eigenvalue weighted by atomic mass is 19.1. The normalized spacial score (nSPS) is 15.7. The first-order valence-electron chi connectivity index (χ1n) is 9.80. The van der Waals surface area contributed by atoms with Crippen LogP contribution in [0, 0.1) is 5.82 Å². The number of anilines is 1. The Morgan fingerprint density at radius 1 is 1.14 bits per heavy atom. The van der Waals surface area contributed by atoms with Crippen molar-refractivity contribution in [2.24, 2.45) is 12.0 Å². The SMILES string of the molecule is CN=C(NCCCN1CCN(c2ccccc2F)CC1)NCc1ccnn1C. The summed E-state index contributed by atoms with van der Waals surface area (Å²) in [4.78, 5) is 8.83. The van der Waals surface area contributed by atoms with Gasteiger partial charge in [-0.05, 0) is 31.2 Å². The number of aryl methyl sites for hydroxylation is 1. The largest absolute Gasteiger partial charge is 0.367 e. The Balaban J connectivity index is 1.32. The second-order valence-corrected chi connectivity index (χ2v) is 6.93. The molecule has 0 bridgehead atoms. The van der Waals surface area contributed by atoms with Gasteiger partial charge in [-0.3, -0.25) is 14.6 Å². The van der Waals surface area contributed by atoms with Gasteiger partial charge < -0.3 is 15.5 Å². The van der Waals surface area contributed by atoms with Crippen molar-refractivity contribution in [3.63, 3.8) is 0 Å². The zero-order valence-corrected chi connectivity index (χ0v) is 16.7. The van der Waals surface area contributed by atoms with Gasteiger partial charge in [0.25, 0.3) is 0 Å². The molecule has 2 aromatic rings. The first kappa shape index (κ1) is 20.1. The van der Waals surface area contributed by atoms with Gasteiger partial charge in [0, 0.05) is 53.0 Å². The maximum Gasteiger partial charge on any atom is 0.191 e. The summed E-state index contributed by atoms with van der Waals surface area (Å²) in [6.45, 7) is 6.22. The number of halogens is 1. The fourth-order valence-electron chi connectivity index (χ4n) is 3.40. The summed E-state index contributed by atoms with van der Waals surface area (Å²) < 4.78 is 15.8. The van der Waals surface area contributed by atoms with Crippen molar-refractivity contribution in [2.45, 2.75) is 13.0 Å². The fraction of sp³-hybridized carbons (Fsp3) is 0.500. The number of aromatic nitrogens is 2. The molecule has 1 fully saturated rings. The summed E-state index contributed by atoms with van der Waals surface area (Å²) >= 11 is 0. The lowest BCUT2D eigenvalue weighted by Crippen LogP contribution is -2.47. The van der Waals surface area contributed by atoms with Crippen LogP contribution in [0.1, 0.15) is 12.1 Å². The molecule has 3 rings (SSSR count). The molecule has 7 nitrogen and oxygen atoms in total. The minimum Gasteiger partial charge on any atom is -0.367 e. The molecule has 0 amide bonds. The van der Waals surface area contributed by atoms with Crippen LogP contribution in [0.2, 0.25) is 0 Å². The van der Waals surface area contributed by atoms with Gasteiger partial charge in [0.2, 0.25) is 0 Å². The third-order valence-electron chi connectivity index (χ3n) is 5.09. The predicted octanol–water partition coefficient (Wildman–Crippen LogP) is 1.44. The molecule has 0 spiro atoms. The molecule has 0 saturated carbocycles. The van der Waals surface area contributed by atoms with Crippen molar-refractivity contribution in [1.29, 1.82) is 0 Å². The zero-order chi connectivity index (χ0) is 19.8. The van der Waals surface area contributed by atoms with Crippen molar-refractivity contribution >= 4 is 11.6 Å². The molecular weight excluding hydrogens is 357 g/mol. The highest BCUT2D eigenvalue weighted by Crippen LogP contribution is 2.20. The van der Waals surface area contributed by atoms with Crippen molar-refractivity contribution in [3.8, 4) is 0 Å². The summed E-state index contributed by atoms with van der Waals surface area (Å²) in [6, 6.07) is 9.01. The van der Waals surface area contributed by atoms with E-state index in [-0.39, 0.29) is 5.82 Å². The van der Waals surface area contributed by atoms with Crippen LogP contribution in [-0.2, 0) is 13.6 Å². The number of aliphatic imine (C=N–C) groups is 1. The monoisotopic (exact) mass is 387 g/mol. The van der Waals surface area contributed by atoms with Crippen molar-refractivity contribution in [3.05, 3.63) is 48.0 Å². The highest BCUT2D eigenvalue weighted by Gasteiger charge is 2.18. The molecular formula is C20H30FN7. The van der Waals surface area contributed by atoms with E-state index in [1.165, 1.54) is 6.07 Å². The number of nitrogens with one attached hydrogen (secondary N) is 2. The van der Waals surface area contributed by atoms with Crippen molar-refractivity contribution < 1.29 is 4.39 Å². The lowest BCUT2D eigenvalue weighted by molar-refractivity contribution is 0.254. The van der Waals surface area contributed by atoms with E-state index in [4.69, 9.17) is 0 Å². The van der Waals surface area contributed by atoms with E-state index >= 15 is 0 Å². The highest BCUT2D eigenvalue weighted by molar-refractivity contribution is 5.79. The molecule has 1 aromatic carbocycles. The minimum absolute atomic E-state index is 0.134. The first-order chi connectivity index (χ1) is 13.7. The fourth-order valence-corrected chi connectivity index (χ4v) is 3.40. The second kappa shape index (κ2) is 10.1. The predicted molar refractivity (Wildman–Crippen MR) is 111 cm³/mol. The van der Waals surface area contributed by atoms with Gasteiger partial charge in [-0.25, -0.2) is 4.39 Å². The molecule has 1 aliphatic heterocycles. The molecule has 0 radical (unpaired) electrons. The topological polar surface area (TPSA) is 60.7 Å². The van der Waals surface area contributed by atoms with Crippen LogP contribution in [0.4, 0.5) is 10.1 Å².